The number of thiazole rings is 1. The summed E-state index contributed by atoms with van der Waals surface area (Å²) in [5, 5.41) is 5.37. The van der Waals surface area contributed by atoms with Crippen molar-refractivity contribution in [2.75, 3.05) is 6.54 Å². The van der Waals surface area contributed by atoms with Crippen LogP contribution in [-0.2, 0) is 13.0 Å². The molecule has 19 heavy (non-hydrogen) atoms. The van der Waals surface area contributed by atoms with Crippen LogP contribution >= 0.6 is 22.9 Å². The van der Waals surface area contributed by atoms with Gasteiger partial charge in [-0.25, -0.2) is 4.98 Å². The zero-order valence-corrected chi connectivity index (χ0v) is 12.7. The molecular weight excluding hydrogens is 276 g/mol. The molecule has 0 saturated heterocycles. The van der Waals surface area contributed by atoms with Gasteiger partial charge in [-0.15, -0.1) is 11.3 Å². The van der Waals surface area contributed by atoms with Crippen LogP contribution in [-0.4, -0.2) is 11.5 Å². The summed E-state index contributed by atoms with van der Waals surface area (Å²) in [7, 11) is 0. The van der Waals surface area contributed by atoms with Crippen LogP contribution in [0.1, 0.15) is 35.2 Å². The molecule has 0 spiro atoms. The molecule has 1 heterocycles. The first-order valence-electron chi connectivity index (χ1n) is 6.66. The number of aromatic nitrogens is 1. The average molecular weight is 295 g/mol. The second-order valence-corrected chi connectivity index (χ2v) is 6.19. The van der Waals surface area contributed by atoms with Crippen LogP contribution in [0.2, 0.25) is 5.02 Å². The molecule has 102 valence electrons. The van der Waals surface area contributed by atoms with Gasteiger partial charge in [0.15, 0.2) is 0 Å². The van der Waals surface area contributed by atoms with E-state index in [0.717, 1.165) is 29.5 Å². The van der Waals surface area contributed by atoms with Crippen molar-refractivity contribution < 1.29 is 0 Å². The second kappa shape index (κ2) is 7.63. The minimum Gasteiger partial charge on any atom is -0.312 e. The van der Waals surface area contributed by atoms with Gasteiger partial charge in [0.25, 0.3) is 0 Å². The summed E-state index contributed by atoms with van der Waals surface area (Å²) in [6.45, 7) is 4.21. The minimum atomic E-state index is 0.788. The summed E-state index contributed by atoms with van der Waals surface area (Å²) < 4.78 is 0. The molecule has 0 radical (unpaired) electrons. The van der Waals surface area contributed by atoms with Gasteiger partial charge in [-0.3, -0.25) is 0 Å². The molecule has 1 N–H and O–H groups in total. The highest BCUT2D eigenvalue weighted by atomic mass is 35.5. The number of rotatable bonds is 7. The van der Waals surface area contributed by atoms with E-state index in [-0.39, 0.29) is 0 Å². The van der Waals surface area contributed by atoms with E-state index < -0.39 is 0 Å². The van der Waals surface area contributed by atoms with E-state index in [0.29, 0.717) is 0 Å². The van der Waals surface area contributed by atoms with Gasteiger partial charge < -0.3 is 5.32 Å². The number of nitrogens with one attached hydrogen (secondary N) is 1. The van der Waals surface area contributed by atoms with E-state index in [9.17, 15) is 0 Å². The third kappa shape index (κ3) is 4.94. The zero-order chi connectivity index (χ0) is 13.5. The summed E-state index contributed by atoms with van der Waals surface area (Å²) in [5.74, 6) is 0. The maximum Gasteiger partial charge on any atom is 0.0972 e. The Morgan fingerprint density at radius 3 is 3.05 bits per heavy atom. The summed E-state index contributed by atoms with van der Waals surface area (Å²) in [6, 6.07) is 7.98. The van der Waals surface area contributed by atoms with E-state index >= 15 is 0 Å². The van der Waals surface area contributed by atoms with Gasteiger partial charge >= 0.3 is 0 Å². The third-order valence-corrected chi connectivity index (χ3v) is 4.08. The molecule has 0 aliphatic heterocycles. The SMILES string of the molecule is CCCCNCc1cnc(Cc2cccc(Cl)c2)s1. The first kappa shape index (κ1) is 14.5. The van der Waals surface area contributed by atoms with Crippen LogP contribution in [0.5, 0.6) is 0 Å². The Labute approximate surface area is 123 Å². The molecule has 4 heteroatoms. The van der Waals surface area contributed by atoms with Gasteiger partial charge in [0, 0.05) is 29.1 Å². The Morgan fingerprint density at radius 2 is 2.26 bits per heavy atom. The first-order valence-corrected chi connectivity index (χ1v) is 7.86. The van der Waals surface area contributed by atoms with Crippen LogP contribution < -0.4 is 5.32 Å². The summed E-state index contributed by atoms with van der Waals surface area (Å²) in [5.41, 5.74) is 1.22. The quantitative estimate of drug-likeness (QED) is 0.771. The molecule has 0 saturated carbocycles. The Balaban J connectivity index is 1.87. The highest BCUT2D eigenvalue weighted by Crippen LogP contribution is 2.19. The van der Waals surface area contributed by atoms with E-state index in [1.165, 1.54) is 23.3 Å². The monoisotopic (exact) mass is 294 g/mol. The molecule has 0 fully saturated rings. The highest BCUT2D eigenvalue weighted by molar-refractivity contribution is 7.11. The molecule has 0 unspecified atom stereocenters. The van der Waals surface area contributed by atoms with E-state index in [4.69, 9.17) is 11.6 Å². The molecule has 2 rings (SSSR count). The average Bonchev–Trinajstić information content (AvgIpc) is 2.82. The summed E-state index contributed by atoms with van der Waals surface area (Å²) in [4.78, 5) is 5.77. The first-order chi connectivity index (χ1) is 9.28. The number of benzene rings is 1. The molecule has 2 aromatic rings. The number of unbranched alkanes of at least 4 members (excludes halogenated alkanes) is 1. The summed E-state index contributed by atoms with van der Waals surface area (Å²) in [6.07, 6.45) is 5.30. The van der Waals surface area contributed by atoms with Crippen molar-refractivity contribution in [3.8, 4) is 0 Å². The highest BCUT2D eigenvalue weighted by Gasteiger charge is 2.03. The number of nitrogens with zero attached hydrogens (tertiary/aromatic N) is 1. The lowest BCUT2D eigenvalue weighted by molar-refractivity contribution is 0.645. The van der Waals surface area contributed by atoms with Crippen molar-refractivity contribution in [1.29, 1.82) is 0 Å². The van der Waals surface area contributed by atoms with Crippen molar-refractivity contribution in [2.45, 2.75) is 32.7 Å². The Kier molecular flexibility index (Phi) is 5.83. The lowest BCUT2D eigenvalue weighted by atomic mass is 10.2. The topological polar surface area (TPSA) is 24.9 Å². The van der Waals surface area contributed by atoms with Gasteiger partial charge in [0.2, 0.25) is 0 Å². The molecule has 2 nitrogen and oxygen atoms in total. The lowest BCUT2D eigenvalue weighted by Crippen LogP contribution is -2.13. The van der Waals surface area contributed by atoms with Crippen LogP contribution in [0, 0.1) is 0 Å². The van der Waals surface area contributed by atoms with Crippen LogP contribution in [0.15, 0.2) is 30.5 Å². The molecule has 0 bridgehead atoms. The standard InChI is InChI=1S/C15H19ClN2S/c1-2-3-7-17-10-14-11-18-15(19-14)9-12-5-4-6-13(16)8-12/h4-6,8,11,17H,2-3,7,9-10H2,1H3. The van der Waals surface area contributed by atoms with Crippen LogP contribution in [0.4, 0.5) is 0 Å². The van der Waals surface area contributed by atoms with Crippen LogP contribution in [0.3, 0.4) is 0 Å². The normalized spacial score (nSPS) is 10.8. The maximum atomic E-state index is 5.99. The molecular formula is C15H19ClN2S. The third-order valence-electron chi connectivity index (χ3n) is 2.85. The fourth-order valence-corrected chi connectivity index (χ4v) is 2.99. The van der Waals surface area contributed by atoms with Gasteiger partial charge in [0.1, 0.15) is 0 Å². The van der Waals surface area contributed by atoms with Gasteiger partial charge in [-0.05, 0) is 30.7 Å². The fraction of sp³-hybridized carbons (Fsp3) is 0.400. The molecule has 0 aliphatic carbocycles. The predicted octanol–water partition coefficient (Wildman–Crippen LogP) is 4.28. The molecule has 1 aromatic carbocycles. The van der Waals surface area contributed by atoms with Crippen molar-refractivity contribution in [3.63, 3.8) is 0 Å². The molecule has 0 atom stereocenters. The second-order valence-electron chi connectivity index (χ2n) is 4.56. The Hall–Kier alpha value is -0.900. The maximum absolute atomic E-state index is 5.99. The van der Waals surface area contributed by atoms with Crippen molar-refractivity contribution >= 4 is 22.9 Å². The Morgan fingerprint density at radius 1 is 1.37 bits per heavy atom. The predicted molar refractivity (Wildman–Crippen MR) is 83.0 cm³/mol. The number of halogens is 1. The van der Waals surface area contributed by atoms with Crippen LogP contribution in [0.25, 0.3) is 0 Å². The van der Waals surface area contributed by atoms with E-state index in [1.807, 2.05) is 24.4 Å². The van der Waals surface area contributed by atoms with Gasteiger partial charge in [0.05, 0.1) is 5.01 Å². The number of hydrogen-bond acceptors (Lipinski definition) is 3. The smallest absolute Gasteiger partial charge is 0.0972 e. The van der Waals surface area contributed by atoms with E-state index in [2.05, 4.69) is 23.3 Å². The largest absolute Gasteiger partial charge is 0.312 e. The minimum absolute atomic E-state index is 0.788. The Bertz CT molecular complexity index is 510. The summed E-state index contributed by atoms with van der Waals surface area (Å²) >= 11 is 7.76. The van der Waals surface area contributed by atoms with Crippen molar-refractivity contribution in [2.24, 2.45) is 0 Å². The van der Waals surface area contributed by atoms with Crippen molar-refractivity contribution in [1.82, 2.24) is 10.3 Å². The molecule has 1 aromatic heterocycles. The van der Waals surface area contributed by atoms with Gasteiger partial charge in [-0.2, -0.15) is 0 Å². The van der Waals surface area contributed by atoms with Crippen molar-refractivity contribution in [3.05, 3.63) is 50.9 Å². The molecule has 0 aliphatic rings. The molecule has 0 amide bonds. The lowest BCUT2D eigenvalue weighted by Gasteiger charge is -2.00. The van der Waals surface area contributed by atoms with E-state index in [1.54, 1.807) is 11.3 Å². The zero-order valence-electron chi connectivity index (χ0n) is 11.2. The fourth-order valence-electron chi connectivity index (χ4n) is 1.85. The number of hydrogen-bond donors (Lipinski definition) is 1. The van der Waals surface area contributed by atoms with Gasteiger partial charge in [-0.1, -0.05) is 37.1 Å².